The normalized spacial score (nSPS) is 19.2. The third-order valence-electron chi connectivity index (χ3n) is 4.36. The maximum absolute atomic E-state index is 13.0. The number of rotatable bonds is 7. The SMILES string of the molecule is CCCC(CN)(CCC)C(=O)N1CCCC1C(=O)NC. The second-order valence-corrected chi connectivity index (χ2v) is 5.76. The Morgan fingerprint density at radius 1 is 1.30 bits per heavy atom. The zero-order valence-corrected chi connectivity index (χ0v) is 13.1. The van der Waals surface area contributed by atoms with Gasteiger partial charge in [0.15, 0.2) is 0 Å². The summed E-state index contributed by atoms with van der Waals surface area (Å²) < 4.78 is 0. The molecule has 1 atom stereocenters. The van der Waals surface area contributed by atoms with Crippen LogP contribution in [0.3, 0.4) is 0 Å². The fourth-order valence-electron chi connectivity index (χ4n) is 3.34. The summed E-state index contributed by atoms with van der Waals surface area (Å²) in [6.45, 7) is 5.19. The highest BCUT2D eigenvalue weighted by atomic mass is 16.2. The van der Waals surface area contributed by atoms with Gasteiger partial charge in [0.2, 0.25) is 11.8 Å². The minimum atomic E-state index is -0.486. The van der Waals surface area contributed by atoms with Crippen LogP contribution in [0.1, 0.15) is 52.4 Å². The maximum Gasteiger partial charge on any atom is 0.242 e. The standard InChI is InChI=1S/C15H29N3O2/c1-4-8-15(11-16,9-5-2)14(20)18-10-6-7-12(18)13(19)17-3/h12H,4-11,16H2,1-3H3,(H,17,19). The van der Waals surface area contributed by atoms with E-state index >= 15 is 0 Å². The topological polar surface area (TPSA) is 75.4 Å². The molecule has 5 nitrogen and oxygen atoms in total. The van der Waals surface area contributed by atoms with Gasteiger partial charge in [0.05, 0.1) is 5.41 Å². The molecule has 0 radical (unpaired) electrons. The highest BCUT2D eigenvalue weighted by Gasteiger charge is 2.43. The molecule has 5 heteroatoms. The fourth-order valence-corrected chi connectivity index (χ4v) is 3.34. The van der Waals surface area contributed by atoms with Gasteiger partial charge in [-0.3, -0.25) is 9.59 Å². The molecule has 1 fully saturated rings. The molecule has 2 amide bonds. The van der Waals surface area contributed by atoms with Gasteiger partial charge in [-0.25, -0.2) is 0 Å². The molecule has 0 bridgehead atoms. The van der Waals surface area contributed by atoms with Crippen LogP contribution in [0, 0.1) is 5.41 Å². The van der Waals surface area contributed by atoms with E-state index < -0.39 is 5.41 Å². The average Bonchev–Trinajstić information content (AvgIpc) is 2.94. The first kappa shape index (κ1) is 17.0. The number of hydrogen-bond acceptors (Lipinski definition) is 3. The van der Waals surface area contributed by atoms with E-state index in [4.69, 9.17) is 5.73 Å². The summed E-state index contributed by atoms with van der Waals surface area (Å²) in [7, 11) is 1.62. The second-order valence-electron chi connectivity index (χ2n) is 5.76. The van der Waals surface area contributed by atoms with Crippen LogP contribution in [-0.2, 0) is 9.59 Å². The number of nitrogens with two attached hydrogens (primary N) is 1. The Morgan fingerprint density at radius 3 is 2.35 bits per heavy atom. The first-order valence-corrected chi connectivity index (χ1v) is 7.79. The molecule has 3 N–H and O–H groups in total. The van der Waals surface area contributed by atoms with Crippen molar-refractivity contribution in [1.29, 1.82) is 0 Å². The summed E-state index contributed by atoms with van der Waals surface area (Å²) in [6, 6.07) is -0.313. The zero-order chi connectivity index (χ0) is 15.2. The van der Waals surface area contributed by atoms with Crippen LogP contribution in [0.15, 0.2) is 0 Å². The first-order chi connectivity index (χ1) is 9.56. The van der Waals surface area contributed by atoms with Crippen molar-refractivity contribution < 1.29 is 9.59 Å². The Bertz CT molecular complexity index is 338. The van der Waals surface area contributed by atoms with E-state index in [1.807, 2.05) is 0 Å². The maximum atomic E-state index is 13.0. The lowest BCUT2D eigenvalue weighted by atomic mass is 9.77. The predicted octanol–water partition coefficient (Wildman–Crippen LogP) is 1.27. The number of nitrogens with one attached hydrogen (secondary N) is 1. The number of amides is 2. The van der Waals surface area contributed by atoms with Crippen LogP contribution in [0.2, 0.25) is 0 Å². The van der Waals surface area contributed by atoms with Gasteiger partial charge in [-0.15, -0.1) is 0 Å². The molecule has 0 aromatic rings. The number of likely N-dealkylation sites (tertiary alicyclic amines) is 1. The van der Waals surface area contributed by atoms with E-state index in [0.717, 1.165) is 38.5 Å². The van der Waals surface area contributed by atoms with Crippen LogP contribution < -0.4 is 11.1 Å². The fraction of sp³-hybridized carbons (Fsp3) is 0.867. The highest BCUT2D eigenvalue weighted by Crippen LogP contribution is 2.34. The van der Waals surface area contributed by atoms with E-state index in [0.29, 0.717) is 13.1 Å². The Kier molecular flexibility index (Phi) is 6.46. The summed E-state index contributed by atoms with van der Waals surface area (Å²) in [6.07, 6.45) is 5.11. The molecular formula is C15H29N3O2. The molecule has 0 aromatic heterocycles. The summed E-state index contributed by atoms with van der Waals surface area (Å²) in [4.78, 5) is 26.7. The van der Waals surface area contributed by atoms with Gasteiger partial charge in [0.25, 0.3) is 0 Å². The van der Waals surface area contributed by atoms with Crippen molar-refractivity contribution in [1.82, 2.24) is 10.2 Å². The lowest BCUT2D eigenvalue weighted by molar-refractivity contribution is -0.147. The van der Waals surface area contributed by atoms with Crippen LogP contribution in [0.5, 0.6) is 0 Å². The van der Waals surface area contributed by atoms with Crippen LogP contribution in [-0.4, -0.2) is 42.9 Å². The summed E-state index contributed by atoms with van der Waals surface area (Å²) in [5, 5.41) is 2.66. The van der Waals surface area contributed by atoms with Crippen LogP contribution in [0.25, 0.3) is 0 Å². The highest BCUT2D eigenvalue weighted by molar-refractivity contribution is 5.90. The van der Waals surface area contributed by atoms with Gasteiger partial charge in [-0.2, -0.15) is 0 Å². The van der Waals surface area contributed by atoms with Crippen molar-refractivity contribution in [3.63, 3.8) is 0 Å². The summed E-state index contributed by atoms with van der Waals surface area (Å²) in [5.74, 6) is 0.0181. The third-order valence-corrected chi connectivity index (χ3v) is 4.36. The van der Waals surface area contributed by atoms with E-state index in [1.165, 1.54) is 0 Å². The molecule has 0 saturated carbocycles. The molecule has 20 heavy (non-hydrogen) atoms. The van der Waals surface area contributed by atoms with Gasteiger partial charge >= 0.3 is 0 Å². The Labute approximate surface area is 122 Å². The molecule has 0 spiro atoms. The summed E-state index contributed by atoms with van der Waals surface area (Å²) in [5.41, 5.74) is 5.47. The van der Waals surface area contributed by atoms with Crippen molar-refractivity contribution >= 4 is 11.8 Å². The van der Waals surface area contributed by atoms with Crippen molar-refractivity contribution in [2.45, 2.75) is 58.4 Å². The van der Waals surface area contributed by atoms with Crippen molar-refractivity contribution in [3.8, 4) is 0 Å². The second kappa shape index (κ2) is 7.62. The Balaban J connectivity index is 2.95. The number of hydrogen-bond donors (Lipinski definition) is 2. The van der Waals surface area contributed by atoms with Crippen molar-refractivity contribution in [2.24, 2.45) is 11.1 Å². The molecule has 1 rings (SSSR count). The molecular weight excluding hydrogens is 254 g/mol. The van der Waals surface area contributed by atoms with Gasteiger partial charge in [-0.1, -0.05) is 26.7 Å². The molecule has 1 unspecified atom stereocenters. The lowest BCUT2D eigenvalue weighted by Gasteiger charge is -2.36. The monoisotopic (exact) mass is 283 g/mol. The van der Waals surface area contributed by atoms with E-state index in [-0.39, 0.29) is 17.9 Å². The third kappa shape index (κ3) is 3.32. The first-order valence-electron chi connectivity index (χ1n) is 7.79. The van der Waals surface area contributed by atoms with E-state index in [9.17, 15) is 9.59 Å². The van der Waals surface area contributed by atoms with Gasteiger partial charge in [-0.05, 0) is 25.7 Å². The minimum Gasteiger partial charge on any atom is -0.357 e. The molecule has 1 saturated heterocycles. The molecule has 1 aliphatic heterocycles. The predicted molar refractivity (Wildman–Crippen MR) is 80.1 cm³/mol. The average molecular weight is 283 g/mol. The number of carbonyl (C=O) groups is 2. The quantitative estimate of drug-likeness (QED) is 0.739. The van der Waals surface area contributed by atoms with Gasteiger partial charge in [0.1, 0.15) is 6.04 Å². The largest absolute Gasteiger partial charge is 0.357 e. The Morgan fingerprint density at radius 2 is 1.90 bits per heavy atom. The minimum absolute atomic E-state index is 0.0604. The molecule has 116 valence electrons. The molecule has 0 aromatic carbocycles. The van der Waals surface area contributed by atoms with E-state index in [1.54, 1.807) is 11.9 Å². The van der Waals surface area contributed by atoms with E-state index in [2.05, 4.69) is 19.2 Å². The van der Waals surface area contributed by atoms with Gasteiger partial charge < -0.3 is 16.0 Å². The van der Waals surface area contributed by atoms with Crippen LogP contribution in [0.4, 0.5) is 0 Å². The number of carbonyl (C=O) groups excluding carboxylic acids is 2. The number of likely N-dealkylation sites (N-methyl/N-ethyl adjacent to an activating group) is 1. The zero-order valence-electron chi connectivity index (χ0n) is 13.1. The smallest absolute Gasteiger partial charge is 0.242 e. The van der Waals surface area contributed by atoms with Crippen LogP contribution >= 0.6 is 0 Å². The Hall–Kier alpha value is -1.10. The molecule has 0 aliphatic carbocycles. The van der Waals surface area contributed by atoms with Crippen molar-refractivity contribution in [3.05, 3.63) is 0 Å². The molecule has 1 heterocycles. The number of nitrogens with zero attached hydrogens (tertiary/aromatic N) is 1. The van der Waals surface area contributed by atoms with Gasteiger partial charge in [0, 0.05) is 20.1 Å². The lowest BCUT2D eigenvalue weighted by Crippen LogP contribution is -2.53. The van der Waals surface area contributed by atoms with Crippen molar-refractivity contribution in [2.75, 3.05) is 20.1 Å². The summed E-state index contributed by atoms with van der Waals surface area (Å²) >= 11 is 0. The molecule has 1 aliphatic rings.